The topological polar surface area (TPSA) is 30.2 Å². The molecule has 3 heteroatoms. The van der Waals surface area contributed by atoms with Gasteiger partial charge in [0.2, 0.25) is 0 Å². The Morgan fingerprint density at radius 3 is 1.31 bits per heavy atom. The lowest BCUT2D eigenvalue weighted by Gasteiger charge is -2.36. The Kier molecular flexibility index (Phi) is 8.61. The monoisotopic (exact) mass is 707 g/mol. The van der Waals surface area contributed by atoms with Crippen LogP contribution in [0.4, 0.5) is 0 Å². The Balaban J connectivity index is 1.00. The molecule has 0 bridgehead atoms. The molecule has 0 saturated heterocycles. The smallest absolute Gasteiger partial charge is 0.163 e. The van der Waals surface area contributed by atoms with Crippen LogP contribution in [0.2, 0.25) is 0 Å². The lowest BCUT2D eigenvalue weighted by Crippen LogP contribution is -2.19. The zero-order valence-corrected chi connectivity index (χ0v) is 30.7. The van der Waals surface area contributed by atoms with Crippen molar-refractivity contribution in [3.63, 3.8) is 0 Å². The highest BCUT2D eigenvalue weighted by Gasteiger charge is 2.31. The van der Waals surface area contributed by atoms with Crippen LogP contribution in [-0.4, -0.2) is 14.4 Å². The number of benzene rings is 7. The maximum atomic E-state index is 5.23. The van der Waals surface area contributed by atoms with E-state index in [0.717, 1.165) is 50.5 Å². The molecule has 264 valence electrons. The van der Waals surface area contributed by atoms with E-state index in [1.54, 1.807) is 0 Å². The number of aromatic nitrogens is 3. The summed E-state index contributed by atoms with van der Waals surface area (Å²) in [4.78, 5) is 10.4. The molecule has 2 atom stereocenters. The van der Waals surface area contributed by atoms with E-state index in [0.29, 0.717) is 17.8 Å². The summed E-state index contributed by atoms with van der Waals surface area (Å²) in [6, 6.07) is 70.1. The second kappa shape index (κ2) is 14.3. The third kappa shape index (κ3) is 6.32. The fraction of sp³-hybridized carbons (Fsp3) is 0.115. The first kappa shape index (κ1) is 33.0. The summed E-state index contributed by atoms with van der Waals surface area (Å²) in [6.07, 6.45) is 3.57. The van der Waals surface area contributed by atoms with Crippen LogP contribution < -0.4 is 0 Å². The van der Waals surface area contributed by atoms with Crippen LogP contribution in [0, 0.1) is 0 Å². The van der Waals surface area contributed by atoms with Crippen LogP contribution in [0.5, 0.6) is 0 Å². The predicted molar refractivity (Wildman–Crippen MR) is 227 cm³/mol. The van der Waals surface area contributed by atoms with E-state index in [9.17, 15) is 0 Å². The largest absolute Gasteiger partial charge is 0.277 e. The normalized spacial score (nSPS) is 17.1. The Morgan fingerprint density at radius 2 is 0.764 bits per heavy atom. The summed E-state index contributed by atoms with van der Waals surface area (Å²) in [5.74, 6) is 3.22. The molecule has 0 radical (unpaired) electrons. The number of rotatable bonds is 7. The lowest BCUT2D eigenvalue weighted by atomic mass is 9.68. The van der Waals surface area contributed by atoms with E-state index in [2.05, 4.69) is 180 Å². The molecule has 9 aromatic rings. The van der Waals surface area contributed by atoms with Gasteiger partial charge in [-0.1, -0.05) is 194 Å². The van der Waals surface area contributed by atoms with Crippen molar-refractivity contribution >= 4 is 16.4 Å². The minimum atomic E-state index is 0.514. The number of fused-ring (bicyclic) bond motifs is 3. The molecular formula is C52H41N3. The summed E-state index contributed by atoms with van der Waals surface area (Å²) in [7, 11) is 0. The predicted octanol–water partition coefficient (Wildman–Crippen LogP) is 13.4. The van der Waals surface area contributed by atoms with Gasteiger partial charge in [-0.2, -0.15) is 0 Å². The molecule has 1 aliphatic rings. The van der Waals surface area contributed by atoms with Crippen molar-refractivity contribution in [1.29, 1.82) is 0 Å². The molecule has 0 spiro atoms. The molecule has 2 unspecified atom stereocenters. The Morgan fingerprint density at radius 1 is 0.345 bits per heavy atom. The minimum absolute atomic E-state index is 0.514. The van der Waals surface area contributed by atoms with E-state index in [4.69, 9.17) is 9.97 Å². The number of hydrogen-bond acceptors (Lipinski definition) is 2. The van der Waals surface area contributed by atoms with Crippen molar-refractivity contribution in [2.45, 2.75) is 37.0 Å². The van der Waals surface area contributed by atoms with Gasteiger partial charge in [0, 0.05) is 21.9 Å². The van der Waals surface area contributed by atoms with Gasteiger partial charge >= 0.3 is 0 Å². The molecule has 0 N–H and O–H groups in total. The van der Waals surface area contributed by atoms with Gasteiger partial charge in [-0.3, -0.25) is 4.40 Å². The van der Waals surface area contributed by atoms with Crippen molar-refractivity contribution in [3.05, 3.63) is 211 Å². The third-order valence-corrected chi connectivity index (χ3v) is 11.7. The average Bonchev–Trinajstić information content (AvgIpc) is 3.61. The highest BCUT2D eigenvalue weighted by atomic mass is 15.1. The molecule has 0 aliphatic heterocycles. The van der Waals surface area contributed by atoms with Crippen molar-refractivity contribution < 1.29 is 0 Å². The first-order valence-corrected chi connectivity index (χ1v) is 19.5. The van der Waals surface area contributed by atoms with Crippen LogP contribution in [0.1, 0.15) is 53.7 Å². The zero-order chi connectivity index (χ0) is 36.6. The quantitative estimate of drug-likeness (QED) is 0.165. The number of hydrogen-bond donors (Lipinski definition) is 0. The SMILES string of the molecule is c1ccc(-c2nc(-c3ccccc3)n3c(-c4ccc(-c5ccc(C6CC(c7ccccc7)CC(c7ccccc7)C6)cc5)cc4)c4ccccc4c3n2)cc1. The van der Waals surface area contributed by atoms with Gasteiger partial charge in [0.1, 0.15) is 11.5 Å². The van der Waals surface area contributed by atoms with E-state index in [1.807, 2.05) is 18.2 Å². The average molecular weight is 708 g/mol. The highest BCUT2D eigenvalue weighted by molar-refractivity contribution is 6.06. The van der Waals surface area contributed by atoms with Crippen LogP contribution in [0.25, 0.3) is 61.6 Å². The van der Waals surface area contributed by atoms with E-state index in [1.165, 1.54) is 47.1 Å². The van der Waals surface area contributed by atoms with Crippen molar-refractivity contribution in [3.8, 4) is 45.2 Å². The molecule has 55 heavy (non-hydrogen) atoms. The lowest BCUT2D eigenvalue weighted by molar-refractivity contribution is 0.351. The first-order valence-electron chi connectivity index (χ1n) is 19.5. The van der Waals surface area contributed by atoms with Gasteiger partial charge in [0.25, 0.3) is 0 Å². The van der Waals surface area contributed by atoms with Crippen LogP contribution in [0.15, 0.2) is 194 Å². The number of nitrogens with zero attached hydrogens (tertiary/aromatic N) is 3. The first-order chi connectivity index (χ1) is 27.3. The molecule has 3 nitrogen and oxygen atoms in total. The second-order valence-electron chi connectivity index (χ2n) is 15.0. The second-order valence-corrected chi connectivity index (χ2v) is 15.0. The van der Waals surface area contributed by atoms with Crippen molar-refractivity contribution in [2.24, 2.45) is 0 Å². The highest BCUT2D eigenvalue weighted by Crippen LogP contribution is 2.48. The molecule has 1 aliphatic carbocycles. The molecule has 0 amide bonds. The summed E-state index contributed by atoms with van der Waals surface area (Å²) in [5, 5.41) is 2.27. The standard InChI is InChI=1S/C52H41N3/c1-5-15-36(16-6-1)44-33-45(37-17-7-2-8-18-37)35-46(34-44)40-27-25-38(26-28-40)39-29-31-41(32-30-39)49-47-23-13-14-24-48(47)52-54-50(42-19-9-3-10-20-42)53-51(55(49)52)43-21-11-4-12-22-43/h1-32,44-46H,33-35H2. The van der Waals surface area contributed by atoms with E-state index in [-0.39, 0.29) is 0 Å². The van der Waals surface area contributed by atoms with Crippen LogP contribution in [0.3, 0.4) is 0 Å². The van der Waals surface area contributed by atoms with Crippen molar-refractivity contribution in [2.75, 3.05) is 0 Å². The van der Waals surface area contributed by atoms with E-state index >= 15 is 0 Å². The van der Waals surface area contributed by atoms with Gasteiger partial charge in [-0.05, 0) is 70.4 Å². The fourth-order valence-corrected chi connectivity index (χ4v) is 8.96. The molecule has 1 fully saturated rings. The third-order valence-electron chi connectivity index (χ3n) is 11.7. The Bertz CT molecular complexity index is 2650. The van der Waals surface area contributed by atoms with E-state index < -0.39 is 0 Å². The van der Waals surface area contributed by atoms with Gasteiger partial charge in [0.15, 0.2) is 5.82 Å². The van der Waals surface area contributed by atoms with Crippen molar-refractivity contribution in [1.82, 2.24) is 14.4 Å². The van der Waals surface area contributed by atoms with Gasteiger partial charge in [-0.25, -0.2) is 9.97 Å². The molecular weight excluding hydrogens is 667 g/mol. The molecule has 2 heterocycles. The minimum Gasteiger partial charge on any atom is -0.277 e. The molecule has 7 aromatic carbocycles. The summed E-state index contributed by atoms with van der Waals surface area (Å²) in [6.45, 7) is 0. The van der Waals surface area contributed by atoms with Crippen LogP contribution in [-0.2, 0) is 0 Å². The zero-order valence-electron chi connectivity index (χ0n) is 30.7. The van der Waals surface area contributed by atoms with Gasteiger partial charge < -0.3 is 0 Å². The van der Waals surface area contributed by atoms with Gasteiger partial charge in [0.05, 0.1) is 5.69 Å². The maximum absolute atomic E-state index is 5.23. The summed E-state index contributed by atoms with van der Waals surface area (Å²) >= 11 is 0. The summed E-state index contributed by atoms with van der Waals surface area (Å²) in [5.41, 5.74) is 12.0. The molecule has 1 saturated carbocycles. The summed E-state index contributed by atoms with van der Waals surface area (Å²) < 4.78 is 2.26. The molecule has 10 rings (SSSR count). The molecule has 2 aromatic heterocycles. The Hall–Kier alpha value is -6.58. The van der Waals surface area contributed by atoms with Gasteiger partial charge in [-0.15, -0.1) is 0 Å². The fourth-order valence-electron chi connectivity index (χ4n) is 8.96. The van der Waals surface area contributed by atoms with Crippen LogP contribution >= 0.6 is 0 Å². The Labute approximate surface area is 322 Å². The maximum Gasteiger partial charge on any atom is 0.163 e.